The Balaban J connectivity index is 2.30. The van der Waals surface area contributed by atoms with Gasteiger partial charge in [0.05, 0.1) is 13.2 Å². The van der Waals surface area contributed by atoms with E-state index in [1.807, 2.05) is 22.6 Å². The molecule has 5 nitrogen and oxygen atoms in total. The third kappa shape index (κ3) is 1.57. The van der Waals surface area contributed by atoms with Crippen molar-refractivity contribution in [2.24, 2.45) is 0 Å². The van der Waals surface area contributed by atoms with Crippen molar-refractivity contribution in [3.05, 3.63) is 9.79 Å². The molecule has 0 N–H and O–H groups in total. The molecule has 1 saturated heterocycles. The van der Waals surface area contributed by atoms with Crippen LogP contribution in [0.4, 0.5) is 0 Å². The number of hydrogen-bond donors (Lipinski definition) is 0. The summed E-state index contributed by atoms with van der Waals surface area (Å²) in [6.45, 7) is 1.16. The second-order valence-corrected chi connectivity index (χ2v) is 3.78. The van der Waals surface area contributed by atoms with Gasteiger partial charge in [0, 0.05) is 36.1 Å². The molecule has 0 aliphatic carbocycles. The summed E-state index contributed by atoms with van der Waals surface area (Å²) in [5.41, 5.74) is -0.517. The minimum absolute atomic E-state index is 0.488. The first-order chi connectivity index (χ1) is 6.27. The van der Waals surface area contributed by atoms with Crippen LogP contribution in [-0.4, -0.2) is 30.5 Å². The molecule has 0 radical (unpaired) electrons. The zero-order chi connectivity index (χ0) is 9.31. The van der Waals surface area contributed by atoms with Crippen LogP contribution < -0.4 is 0 Å². The molecule has 1 aliphatic rings. The van der Waals surface area contributed by atoms with Crippen LogP contribution in [0.15, 0.2) is 4.42 Å². The lowest BCUT2D eigenvalue weighted by Crippen LogP contribution is -2.29. The average molecular weight is 296 g/mol. The molecular formula is C7H9IN2O3. The molecule has 1 fully saturated rings. The van der Waals surface area contributed by atoms with Crippen LogP contribution in [-0.2, 0) is 15.1 Å². The Hall–Kier alpha value is -0.210. The third-order valence-electron chi connectivity index (χ3n) is 2.17. The largest absolute Gasteiger partial charge is 0.413 e. The van der Waals surface area contributed by atoms with Crippen molar-refractivity contribution >= 4 is 22.6 Å². The Labute approximate surface area is 88.9 Å². The Morgan fingerprint density at radius 3 is 2.85 bits per heavy atom. The van der Waals surface area contributed by atoms with E-state index in [0.29, 0.717) is 23.0 Å². The predicted molar refractivity (Wildman–Crippen MR) is 51.1 cm³/mol. The SMILES string of the molecule is COC1(c2nnc(I)o2)CCOC1. The van der Waals surface area contributed by atoms with Crippen LogP contribution in [0.2, 0.25) is 0 Å². The van der Waals surface area contributed by atoms with Crippen molar-refractivity contribution in [1.29, 1.82) is 0 Å². The number of aromatic nitrogens is 2. The van der Waals surface area contributed by atoms with Gasteiger partial charge in [-0.2, -0.15) is 0 Å². The molecule has 72 valence electrons. The molecule has 0 spiro atoms. The fourth-order valence-corrected chi connectivity index (χ4v) is 1.67. The molecule has 1 aromatic heterocycles. The first kappa shape index (κ1) is 9.35. The molecule has 0 amide bonds. The number of methoxy groups -OCH3 is 1. The lowest BCUT2D eigenvalue weighted by atomic mass is 10.0. The Morgan fingerprint density at radius 1 is 1.54 bits per heavy atom. The summed E-state index contributed by atoms with van der Waals surface area (Å²) < 4.78 is 16.5. The van der Waals surface area contributed by atoms with E-state index < -0.39 is 5.60 Å². The molecule has 13 heavy (non-hydrogen) atoms. The summed E-state index contributed by atoms with van der Waals surface area (Å²) >= 11 is 1.97. The van der Waals surface area contributed by atoms with Gasteiger partial charge in [0.2, 0.25) is 0 Å². The standard InChI is InChI=1S/C7H9IN2O3/c1-11-7(2-3-12-4-7)5-9-10-6(8)13-5/h2-4H2,1H3. The van der Waals surface area contributed by atoms with E-state index in [4.69, 9.17) is 13.9 Å². The zero-order valence-corrected chi connectivity index (χ0v) is 9.28. The van der Waals surface area contributed by atoms with Gasteiger partial charge in [0.15, 0.2) is 5.60 Å². The summed E-state index contributed by atoms with van der Waals surface area (Å²) in [6, 6.07) is 0. The molecule has 1 aromatic rings. The molecule has 1 aliphatic heterocycles. The quantitative estimate of drug-likeness (QED) is 0.760. The molecule has 0 bridgehead atoms. The maximum atomic E-state index is 5.37. The highest BCUT2D eigenvalue weighted by Crippen LogP contribution is 2.32. The van der Waals surface area contributed by atoms with Crippen LogP contribution in [0.25, 0.3) is 0 Å². The summed E-state index contributed by atoms with van der Waals surface area (Å²) in [5.74, 6) is 0.511. The smallest absolute Gasteiger partial charge is 0.278 e. The molecule has 0 saturated carbocycles. The first-order valence-corrected chi connectivity index (χ1v) is 4.97. The van der Waals surface area contributed by atoms with E-state index in [1.54, 1.807) is 7.11 Å². The highest BCUT2D eigenvalue weighted by atomic mass is 127. The van der Waals surface area contributed by atoms with E-state index in [0.717, 1.165) is 6.42 Å². The highest BCUT2D eigenvalue weighted by Gasteiger charge is 2.42. The lowest BCUT2D eigenvalue weighted by Gasteiger charge is -2.20. The monoisotopic (exact) mass is 296 g/mol. The minimum Gasteiger partial charge on any atom is -0.413 e. The first-order valence-electron chi connectivity index (χ1n) is 3.89. The van der Waals surface area contributed by atoms with Crippen molar-refractivity contribution in [2.45, 2.75) is 12.0 Å². The van der Waals surface area contributed by atoms with Crippen LogP contribution in [0, 0.1) is 3.90 Å². The summed E-state index contributed by atoms with van der Waals surface area (Å²) in [6.07, 6.45) is 0.766. The van der Waals surface area contributed by atoms with Gasteiger partial charge in [0.1, 0.15) is 0 Å². The Bertz CT molecular complexity index is 296. The van der Waals surface area contributed by atoms with E-state index in [1.165, 1.54) is 0 Å². The van der Waals surface area contributed by atoms with Crippen molar-refractivity contribution < 1.29 is 13.9 Å². The summed E-state index contributed by atoms with van der Waals surface area (Å²) in [5, 5.41) is 7.70. The number of hydrogen-bond acceptors (Lipinski definition) is 5. The van der Waals surface area contributed by atoms with Gasteiger partial charge in [-0.15, -0.1) is 10.2 Å². The normalized spacial score (nSPS) is 28.2. The average Bonchev–Trinajstić information content (AvgIpc) is 2.73. The molecule has 1 unspecified atom stereocenters. The van der Waals surface area contributed by atoms with Gasteiger partial charge in [-0.1, -0.05) is 0 Å². The Kier molecular flexibility index (Phi) is 2.52. The van der Waals surface area contributed by atoms with Gasteiger partial charge in [-0.3, -0.25) is 0 Å². The summed E-state index contributed by atoms with van der Waals surface area (Å²) in [4.78, 5) is 0. The third-order valence-corrected chi connectivity index (χ3v) is 2.60. The molecule has 2 heterocycles. The minimum atomic E-state index is -0.517. The second-order valence-electron chi connectivity index (χ2n) is 2.86. The number of rotatable bonds is 2. The van der Waals surface area contributed by atoms with Crippen LogP contribution in [0.3, 0.4) is 0 Å². The van der Waals surface area contributed by atoms with Crippen LogP contribution in [0.5, 0.6) is 0 Å². The van der Waals surface area contributed by atoms with Gasteiger partial charge in [-0.25, -0.2) is 0 Å². The van der Waals surface area contributed by atoms with Crippen molar-refractivity contribution in [2.75, 3.05) is 20.3 Å². The second kappa shape index (κ2) is 3.50. The van der Waals surface area contributed by atoms with E-state index in [2.05, 4.69) is 10.2 Å². The maximum absolute atomic E-state index is 5.37. The van der Waals surface area contributed by atoms with Crippen molar-refractivity contribution in [3.8, 4) is 0 Å². The molecule has 1 atom stereocenters. The number of nitrogens with zero attached hydrogens (tertiary/aromatic N) is 2. The molecular weight excluding hydrogens is 287 g/mol. The van der Waals surface area contributed by atoms with Crippen molar-refractivity contribution in [1.82, 2.24) is 10.2 Å². The summed E-state index contributed by atoms with van der Waals surface area (Å²) in [7, 11) is 1.63. The predicted octanol–water partition coefficient (Wildman–Crippen LogP) is 0.936. The number of ether oxygens (including phenoxy) is 2. The van der Waals surface area contributed by atoms with Gasteiger partial charge in [0.25, 0.3) is 9.79 Å². The highest BCUT2D eigenvalue weighted by molar-refractivity contribution is 14.1. The topological polar surface area (TPSA) is 57.4 Å². The van der Waals surface area contributed by atoms with E-state index in [9.17, 15) is 0 Å². The number of halogens is 1. The lowest BCUT2D eigenvalue weighted by molar-refractivity contribution is -0.0416. The fraction of sp³-hybridized carbons (Fsp3) is 0.714. The molecule has 0 aromatic carbocycles. The Morgan fingerprint density at radius 2 is 2.38 bits per heavy atom. The van der Waals surface area contributed by atoms with Crippen LogP contribution in [0.1, 0.15) is 12.3 Å². The van der Waals surface area contributed by atoms with E-state index >= 15 is 0 Å². The van der Waals surface area contributed by atoms with Gasteiger partial charge < -0.3 is 13.9 Å². The van der Waals surface area contributed by atoms with Gasteiger partial charge >= 0.3 is 0 Å². The van der Waals surface area contributed by atoms with Crippen LogP contribution >= 0.6 is 22.6 Å². The van der Waals surface area contributed by atoms with Gasteiger partial charge in [-0.05, 0) is 0 Å². The zero-order valence-electron chi connectivity index (χ0n) is 7.12. The maximum Gasteiger partial charge on any atom is 0.278 e. The fourth-order valence-electron chi connectivity index (χ4n) is 1.35. The molecule has 6 heteroatoms. The van der Waals surface area contributed by atoms with E-state index in [-0.39, 0.29) is 0 Å². The molecule has 2 rings (SSSR count). The van der Waals surface area contributed by atoms with Crippen molar-refractivity contribution in [3.63, 3.8) is 0 Å².